The van der Waals surface area contributed by atoms with Gasteiger partial charge in [0, 0.05) is 17.4 Å². The second-order valence-electron chi connectivity index (χ2n) is 6.57. The summed E-state index contributed by atoms with van der Waals surface area (Å²) >= 11 is 0. The van der Waals surface area contributed by atoms with E-state index in [1.54, 1.807) is 12.1 Å². The van der Waals surface area contributed by atoms with E-state index in [1.165, 1.54) is 31.4 Å². The first-order valence-corrected chi connectivity index (χ1v) is 8.31. The standard InChI is InChI=1S/C19H23FN2O/c1-12-5-3-4-6-17(12)22-19(23)16-11-18(21-13(16)2)14-7-9-15(20)10-8-14/h7-12,17,21H,3-6H2,1-2H3,(H,22,23). The number of amides is 1. The van der Waals surface area contributed by atoms with Crippen LogP contribution < -0.4 is 5.32 Å². The molecule has 1 aliphatic rings. The van der Waals surface area contributed by atoms with E-state index in [1.807, 2.05) is 13.0 Å². The highest BCUT2D eigenvalue weighted by Gasteiger charge is 2.24. The summed E-state index contributed by atoms with van der Waals surface area (Å²) < 4.78 is 13.0. The summed E-state index contributed by atoms with van der Waals surface area (Å²) in [6, 6.07) is 8.39. The predicted octanol–water partition coefficient (Wildman–Crippen LogP) is 4.44. The lowest BCUT2D eigenvalue weighted by Crippen LogP contribution is -2.41. The van der Waals surface area contributed by atoms with Crippen LogP contribution in [0.1, 0.15) is 48.7 Å². The van der Waals surface area contributed by atoms with E-state index in [4.69, 9.17) is 0 Å². The number of benzene rings is 1. The zero-order chi connectivity index (χ0) is 16.4. The maximum Gasteiger partial charge on any atom is 0.253 e. The van der Waals surface area contributed by atoms with Crippen LogP contribution in [0.4, 0.5) is 4.39 Å². The molecule has 1 aliphatic carbocycles. The Kier molecular flexibility index (Phi) is 4.51. The molecule has 4 heteroatoms. The number of nitrogens with one attached hydrogen (secondary N) is 2. The van der Waals surface area contributed by atoms with Gasteiger partial charge in [-0.25, -0.2) is 4.39 Å². The maximum atomic E-state index is 13.0. The van der Waals surface area contributed by atoms with Crippen molar-refractivity contribution in [2.75, 3.05) is 0 Å². The molecule has 2 atom stereocenters. The lowest BCUT2D eigenvalue weighted by atomic mass is 9.86. The number of carbonyl (C=O) groups is 1. The lowest BCUT2D eigenvalue weighted by molar-refractivity contribution is 0.0910. The van der Waals surface area contributed by atoms with Crippen LogP contribution in [0.3, 0.4) is 0 Å². The van der Waals surface area contributed by atoms with Gasteiger partial charge < -0.3 is 10.3 Å². The van der Waals surface area contributed by atoms with E-state index in [0.29, 0.717) is 11.5 Å². The number of aryl methyl sites for hydroxylation is 1. The quantitative estimate of drug-likeness (QED) is 0.864. The van der Waals surface area contributed by atoms with Gasteiger partial charge >= 0.3 is 0 Å². The van der Waals surface area contributed by atoms with Crippen molar-refractivity contribution in [1.82, 2.24) is 10.3 Å². The van der Waals surface area contributed by atoms with Gasteiger partial charge in [-0.2, -0.15) is 0 Å². The number of aromatic amines is 1. The van der Waals surface area contributed by atoms with Crippen LogP contribution in [0.25, 0.3) is 11.3 Å². The molecule has 2 unspecified atom stereocenters. The maximum absolute atomic E-state index is 13.0. The summed E-state index contributed by atoms with van der Waals surface area (Å²) in [4.78, 5) is 15.8. The van der Waals surface area contributed by atoms with E-state index in [9.17, 15) is 9.18 Å². The third kappa shape index (κ3) is 3.46. The topological polar surface area (TPSA) is 44.9 Å². The summed E-state index contributed by atoms with van der Waals surface area (Å²) in [7, 11) is 0. The van der Waals surface area contributed by atoms with Gasteiger partial charge in [-0.15, -0.1) is 0 Å². The van der Waals surface area contributed by atoms with E-state index < -0.39 is 0 Å². The Morgan fingerprint density at radius 1 is 1.22 bits per heavy atom. The Bertz CT molecular complexity index is 690. The molecule has 0 aliphatic heterocycles. The van der Waals surface area contributed by atoms with Crippen molar-refractivity contribution in [3.63, 3.8) is 0 Å². The molecule has 1 aromatic heterocycles. The Hall–Kier alpha value is -2.10. The van der Waals surface area contributed by atoms with Crippen molar-refractivity contribution in [2.45, 2.75) is 45.6 Å². The van der Waals surface area contributed by atoms with Crippen LogP contribution in [-0.2, 0) is 0 Å². The summed E-state index contributed by atoms with van der Waals surface area (Å²) in [6.07, 6.45) is 4.67. The monoisotopic (exact) mass is 314 g/mol. The molecule has 0 saturated heterocycles. The fourth-order valence-electron chi connectivity index (χ4n) is 3.36. The number of rotatable bonds is 3. The number of H-pyrrole nitrogens is 1. The van der Waals surface area contributed by atoms with Crippen molar-refractivity contribution >= 4 is 5.91 Å². The summed E-state index contributed by atoms with van der Waals surface area (Å²) in [5, 5.41) is 3.18. The second-order valence-corrected chi connectivity index (χ2v) is 6.57. The molecule has 1 amide bonds. The lowest BCUT2D eigenvalue weighted by Gasteiger charge is -2.29. The third-order valence-corrected chi connectivity index (χ3v) is 4.84. The van der Waals surface area contributed by atoms with Crippen LogP contribution in [0.5, 0.6) is 0 Å². The first-order valence-electron chi connectivity index (χ1n) is 8.31. The molecule has 1 heterocycles. The highest BCUT2D eigenvalue weighted by atomic mass is 19.1. The van der Waals surface area contributed by atoms with Gasteiger partial charge in [0.05, 0.1) is 5.56 Å². The van der Waals surface area contributed by atoms with Crippen molar-refractivity contribution in [3.05, 3.63) is 47.4 Å². The largest absolute Gasteiger partial charge is 0.358 e. The van der Waals surface area contributed by atoms with Crippen molar-refractivity contribution in [2.24, 2.45) is 5.92 Å². The minimum Gasteiger partial charge on any atom is -0.358 e. The van der Waals surface area contributed by atoms with E-state index in [0.717, 1.165) is 23.4 Å². The number of carbonyl (C=O) groups excluding carboxylic acids is 1. The van der Waals surface area contributed by atoms with Gasteiger partial charge in [-0.3, -0.25) is 4.79 Å². The van der Waals surface area contributed by atoms with Crippen LogP contribution in [-0.4, -0.2) is 16.9 Å². The molecule has 0 bridgehead atoms. The predicted molar refractivity (Wildman–Crippen MR) is 89.8 cm³/mol. The zero-order valence-electron chi connectivity index (χ0n) is 13.7. The van der Waals surface area contributed by atoms with Gasteiger partial charge in [0.15, 0.2) is 0 Å². The molecule has 3 rings (SSSR count). The smallest absolute Gasteiger partial charge is 0.253 e. The van der Waals surface area contributed by atoms with Gasteiger partial charge in [-0.1, -0.05) is 19.8 Å². The molecule has 0 radical (unpaired) electrons. The first-order chi connectivity index (χ1) is 11.0. The molecule has 122 valence electrons. The third-order valence-electron chi connectivity index (χ3n) is 4.84. The van der Waals surface area contributed by atoms with Crippen molar-refractivity contribution in [1.29, 1.82) is 0 Å². The van der Waals surface area contributed by atoms with Gasteiger partial charge in [-0.05, 0) is 61.6 Å². The number of halogens is 1. The summed E-state index contributed by atoms with van der Waals surface area (Å²) in [5.74, 6) is 0.246. The molecular formula is C19H23FN2O. The van der Waals surface area contributed by atoms with Gasteiger partial charge in [0.25, 0.3) is 5.91 Å². The molecule has 1 fully saturated rings. The van der Waals surface area contributed by atoms with Crippen molar-refractivity contribution < 1.29 is 9.18 Å². The Morgan fingerprint density at radius 2 is 1.91 bits per heavy atom. The van der Waals surface area contributed by atoms with Crippen molar-refractivity contribution in [3.8, 4) is 11.3 Å². The first kappa shape index (κ1) is 15.8. The normalized spacial score (nSPS) is 21.2. The van der Waals surface area contributed by atoms with Crippen LogP contribution >= 0.6 is 0 Å². The average molecular weight is 314 g/mol. The highest BCUT2D eigenvalue weighted by molar-refractivity contribution is 5.97. The molecule has 3 nitrogen and oxygen atoms in total. The molecule has 23 heavy (non-hydrogen) atoms. The van der Waals surface area contributed by atoms with E-state index in [2.05, 4.69) is 17.2 Å². The minimum absolute atomic E-state index is 0.0224. The minimum atomic E-state index is -0.263. The molecule has 2 aromatic rings. The SMILES string of the molecule is Cc1[nH]c(-c2ccc(F)cc2)cc1C(=O)NC1CCCCC1C. The average Bonchev–Trinajstić information content (AvgIpc) is 2.92. The van der Waals surface area contributed by atoms with Gasteiger partial charge in [0.2, 0.25) is 0 Å². The highest BCUT2D eigenvalue weighted by Crippen LogP contribution is 2.25. The molecule has 2 N–H and O–H groups in total. The number of hydrogen-bond acceptors (Lipinski definition) is 1. The molecule has 1 saturated carbocycles. The summed E-state index contributed by atoms with van der Waals surface area (Å²) in [6.45, 7) is 4.10. The number of hydrogen-bond donors (Lipinski definition) is 2. The molecule has 0 spiro atoms. The Balaban J connectivity index is 1.77. The molecular weight excluding hydrogens is 291 g/mol. The number of aromatic nitrogens is 1. The fourth-order valence-corrected chi connectivity index (χ4v) is 3.36. The van der Waals surface area contributed by atoms with E-state index >= 15 is 0 Å². The summed E-state index contributed by atoms with van der Waals surface area (Å²) in [5.41, 5.74) is 3.22. The second kappa shape index (κ2) is 6.57. The Morgan fingerprint density at radius 3 is 2.61 bits per heavy atom. The fraction of sp³-hybridized carbons (Fsp3) is 0.421. The molecule has 1 aromatic carbocycles. The van der Waals surface area contributed by atoms with Crippen LogP contribution in [0.2, 0.25) is 0 Å². The van der Waals surface area contributed by atoms with E-state index in [-0.39, 0.29) is 17.8 Å². The van der Waals surface area contributed by atoms with Gasteiger partial charge in [0.1, 0.15) is 5.82 Å². The van der Waals surface area contributed by atoms with Crippen LogP contribution in [0, 0.1) is 18.7 Å². The zero-order valence-corrected chi connectivity index (χ0v) is 13.7. The van der Waals surface area contributed by atoms with Crippen LogP contribution in [0.15, 0.2) is 30.3 Å². The Labute approximate surface area is 136 Å².